The van der Waals surface area contributed by atoms with Gasteiger partial charge in [-0.15, -0.1) is 0 Å². The van der Waals surface area contributed by atoms with Gasteiger partial charge in [0.1, 0.15) is 11.4 Å². The first-order valence-electron chi connectivity index (χ1n) is 4.32. The molecule has 2 atom stereocenters. The van der Waals surface area contributed by atoms with Gasteiger partial charge in [0.25, 0.3) is 0 Å². The van der Waals surface area contributed by atoms with Crippen molar-refractivity contribution in [2.75, 3.05) is 0 Å². The Hall–Kier alpha value is -1.42. The monoisotopic (exact) mass is 195 g/mol. The Morgan fingerprint density at radius 2 is 2.21 bits per heavy atom. The van der Waals surface area contributed by atoms with Gasteiger partial charge in [-0.2, -0.15) is 0 Å². The van der Waals surface area contributed by atoms with Crippen molar-refractivity contribution >= 4 is 5.97 Å². The van der Waals surface area contributed by atoms with E-state index in [2.05, 4.69) is 0 Å². The van der Waals surface area contributed by atoms with Crippen molar-refractivity contribution in [2.45, 2.75) is 17.9 Å². The summed E-state index contributed by atoms with van der Waals surface area (Å²) in [5.41, 5.74) is 4.71. The molecule has 74 valence electrons. The molecule has 3 N–H and O–H groups in total. The van der Waals surface area contributed by atoms with Crippen LogP contribution in [0.1, 0.15) is 17.9 Å². The Labute approximate surface area is 80.3 Å². The van der Waals surface area contributed by atoms with Crippen LogP contribution in [0.3, 0.4) is 0 Å². The van der Waals surface area contributed by atoms with Crippen LogP contribution in [0.2, 0.25) is 0 Å². The SMILES string of the molecule is N[C@]1(C(=O)O)C[C@@H]1c1ccccc1F. The number of hydrogen-bond acceptors (Lipinski definition) is 2. The van der Waals surface area contributed by atoms with Crippen molar-refractivity contribution in [1.82, 2.24) is 0 Å². The van der Waals surface area contributed by atoms with Crippen LogP contribution < -0.4 is 5.73 Å². The van der Waals surface area contributed by atoms with Gasteiger partial charge in [-0.1, -0.05) is 18.2 Å². The van der Waals surface area contributed by atoms with Crippen molar-refractivity contribution in [3.8, 4) is 0 Å². The highest BCUT2D eigenvalue weighted by Crippen LogP contribution is 2.50. The molecule has 1 aliphatic rings. The predicted molar refractivity (Wildman–Crippen MR) is 48.3 cm³/mol. The number of aliphatic carboxylic acids is 1. The fraction of sp³-hybridized carbons (Fsp3) is 0.300. The van der Waals surface area contributed by atoms with E-state index >= 15 is 0 Å². The zero-order valence-electron chi connectivity index (χ0n) is 7.40. The molecule has 4 heteroatoms. The summed E-state index contributed by atoms with van der Waals surface area (Å²) in [5, 5.41) is 8.79. The van der Waals surface area contributed by atoms with E-state index in [1.54, 1.807) is 18.2 Å². The molecular weight excluding hydrogens is 185 g/mol. The Morgan fingerprint density at radius 3 is 2.71 bits per heavy atom. The van der Waals surface area contributed by atoms with Crippen molar-refractivity contribution in [2.24, 2.45) is 5.73 Å². The molecular formula is C10H10FNO2. The Morgan fingerprint density at radius 1 is 1.57 bits per heavy atom. The van der Waals surface area contributed by atoms with Crippen LogP contribution in [0, 0.1) is 5.82 Å². The lowest BCUT2D eigenvalue weighted by Gasteiger charge is -2.05. The number of halogens is 1. The fourth-order valence-electron chi connectivity index (χ4n) is 1.66. The van der Waals surface area contributed by atoms with E-state index in [-0.39, 0.29) is 11.7 Å². The summed E-state index contributed by atoms with van der Waals surface area (Å²) >= 11 is 0. The maximum atomic E-state index is 13.2. The number of carbonyl (C=O) groups is 1. The molecule has 1 aromatic carbocycles. The van der Waals surface area contributed by atoms with E-state index in [9.17, 15) is 9.18 Å². The second-order valence-corrected chi connectivity index (χ2v) is 3.62. The molecule has 0 saturated heterocycles. The minimum atomic E-state index is -1.26. The smallest absolute Gasteiger partial charge is 0.324 e. The zero-order chi connectivity index (χ0) is 10.3. The molecule has 1 saturated carbocycles. The van der Waals surface area contributed by atoms with Crippen LogP contribution in [0.5, 0.6) is 0 Å². The van der Waals surface area contributed by atoms with Gasteiger partial charge in [0.05, 0.1) is 0 Å². The van der Waals surface area contributed by atoms with E-state index in [1.165, 1.54) is 6.07 Å². The number of rotatable bonds is 2. The molecule has 0 spiro atoms. The van der Waals surface area contributed by atoms with Crippen molar-refractivity contribution in [1.29, 1.82) is 0 Å². The van der Waals surface area contributed by atoms with Crippen molar-refractivity contribution in [3.63, 3.8) is 0 Å². The maximum Gasteiger partial charge on any atom is 0.324 e. The molecule has 0 heterocycles. The quantitative estimate of drug-likeness (QED) is 0.742. The summed E-state index contributed by atoms with van der Waals surface area (Å²) < 4.78 is 13.2. The van der Waals surface area contributed by atoms with Crippen LogP contribution in [0.4, 0.5) is 4.39 Å². The molecule has 1 aliphatic carbocycles. The lowest BCUT2D eigenvalue weighted by molar-refractivity contribution is -0.139. The number of nitrogens with two attached hydrogens (primary N) is 1. The number of hydrogen-bond donors (Lipinski definition) is 2. The first-order valence-corrected chi connectivity index (χ1v) is 4.32. The van der Waals surface area contributed by atoms with Crippen LogP contribution in [0.25, 0.3) is 0 Å². The number of carboxylic acids is 1. The van der Waals surface area contributed by atoms with Crippen LogP contribution in [0.15, 0.2) is 24.3 Å². The highest BCUT2D eigenvalue weighted by molar-refractivity contribution is 5.84. The molecule has 0 radical (unpaired) electrons. The summed E-state index contributed by atoms with van der Waals surface area (Å²) in [6.45, 7) is 0. The summed E-state index contributed by atoms with van der Waals surface area (Å²) in [5.74, 6) is -1.84. The summed E-state index contributed by atoms with van der Waals surface area (Å²) in [6.07, 6.45) is 0.309. The first-order chi connectivity index (χ1) is 6.55. The molecule has 0 unspecified atom stereocenters. The Kier molecular flexibility index (Phi) is 1.82. The lowest BCUT2D eigenvalue weighted by atomic mass is 10.1. The first kappa shape index (κ1) is 9.15. The summed E-state index contributed by atoms with van der Waals surface area (Å²) in [6, 6.07) is 6.15. The Bertz CT molecular complexity index is 393. The van der Waals surface area contributed by atoms with E-state index in [0.29, 0.717) is 12.0 Å². The molecule has 0 amide bonds. The molecule has 0 aliphatic heterocycles. The minimum absolute atomic E-state index is 0.309. The molecule has 14 heavy (non-hydrogen) atoms. The van der Waals surface area contributed by atoms with Crippen LogP contribution in [-0.4, -0.2) is 16.6 Å². The summed E-state index contributed by atoms with van der Waals surface area (Å²) in [4.78, 5) is 10.7. The molecule has 1 fully saturated rings. The largest absolute Gasteiger partial charge is 0.480 e. The molecule has 3 nitrogen and oxygen atoms in total. The predicted octanol–water partition coefficient (Wildman–Crippen LogP) is 1.10. The average molecular weight is 195 g/mol. The normalized spacial score (nSPS) is 30.0. The molecule has 0 bridgehead atoms. The van der Waals surface area contributed by atoms with E-state index in [0.717, 1.165) is 0 Å². The van der Waals surface area contributed by atoms with Crippen LogP contribution in [-0.2, 0) is 4.79 Å². The van der Waals surface area contributed by atoms with Gasteiger partial charge in [-0.05, 0) is 18.1 Å². The molecule has 2 rings (SSSR count). The van der Waals surface area contributed by atoms with E-state index in [1.807, 2.05) is 0 Å². The van der Waals surface area contributed by atoms with Crippen LogP contribution >= 0.6 is 0 Å². The fourth-order valence-corrected chi connectivity index (χ4v) is 1.66. The highest BCUT2D eigenvalue weighted by atomic mass is 19.1. The lowest BCUT2D eigenvalue weighted by Crippen LogP contribution is -2.34. The molecule has 0 aromatic heterocycles. The van der Waals surface area contributed by atoms with Gasteiger partial charge in [0, 0.05) is 5.92 Å². The molecule has 1 aromatic rings. The number of benzene rings is 1. The number of carboxylic acid groups (broad SMARTS) is 1. The third kappa shape index (κ3) is 1.19. The van der Waals surface area contributed by atoms with E-state index < -0.39 is 11.5 Å². The van der Waals surface area contributed by atoms with Gasteiger partial charge >= 0.3 is 5.97 Å². The van der Waals surface area contributed by atoms with Gasteiger partial charge < -0.3 is 10.8 Å². The second-order valence-electron chi connectivity index (χ2n) is 3.62. The van der Waals surface area contributed by atoms with E-state index in [4.69, 9.17) is 10.8 Å². The van der Waals surface area contributed by atoms with Crippen molar-refractivity contribution in [3.05, 3.63) is 35.6 Å². The average Bonchev–Trinajstić information content (AvgIpc) is 2.80. The van der Waals surface area contributed by atoms with Gasteiger partial charge in [-0.3, -0.25) is 4.79 Å². The van der Waals surface area contributed by atoms with Gasteiger partial charge in [0.15, 0.2) is 0 Å². The highest BCUT2D eigenvalue weighted by Gasteiger charge is 2.58. The topological polar surface area (TPSA) is 63.3 Å². The third-order valence-electron chi connectivity index (χ3n) is 2.68. The summed E-state index contributed by atoms with van der Waals surface area (Å²) in [7, 11) is 0. The third-order valence-corrected chi connectivity index (χ3v) is 2.68. The Balaban J connectivity index is 2.29. The van der Waals surface area contributed by atoms with Gasteiger partial charge in [0.2, 0.25) is 0 Å². The minimum Gasteiger partial charge on any atom is -0.480 e. The van der Waals surface area contributed by atoms with Gasteiger partial charge in [-0.25, -0.2) is 4.39 Å². The van der Waals surface area contributed by atoms with Crippen molar-refractivity contribution < 1.29 is 14.3 Å². The zero-order valence-corrected chi connectivity index (χ0v) is 7.40. The second kappa shape index (κ2) is 2.78. The standard InChI is InChI=1S/C10H10FNO2/c11-8-4-2-1-3-6(8)7-5-10(7,12)9(13)14/h1-4,7H,5,12H2,(H,13,14)/t7-,10-/m1/s1. The maximum absolute atomic E-state index is 13.2.